The molecule has 0 aliphatic rings. The molecule has 0 fully saturated rings. The third-order valence-corrected chi connectivity index (χ3v) is 11.9. The molecule has 0 heterocycles. The number of hydrogen-bond acceptors (Lipinski definition) is 8. The van der Waals surface area contributed by atoms with E-state index in [9.17, 15) is 44.9 Å². The van der Waals surface area contributed by atoms with Crippen molar-refractivity contribution in [1.29, 1.82) is 10.5 Å². The van der Waals surface area contributed by atoms with Crippen molar-refractivity contribution in [3.05, 3.63) is 193 Å². The fourth-order valence-electron chi connectivity index (χ4n) is 6.02. The predicted molar refractivity (Wildman–Crippen MR) is 245 cm³/mol. The third-order valence-electron chi connectivity index (χ3n) is 9.10. The van der Waals surface area contributed by atoms with Crippen molar-refractivity contribution in [2.24, 2.45) is 0 Å². The van der Waals surface area contributed by atoms with Crippen LogP contribution in [0.3, 0.4) is 0 Å². The number of carbonyl (C=O) groups excluding carboxylic acids is 2. The van der Waals surface area contributed by atoms with E-state index in [2.05, 4.69) is 30.7 Å². The van der Waals surface area contributed by atoms with E-state index < -0.39 is 43.8 Å². The van der Waals surface area contributed by atoms with Crippen molar-refractivity contribution in [3.8, 4) is 23.3 Å². The summed E-state index contributed by atoms with van der Waals surface area (Å²) in [5.41, 5.74) is 1.86. The molecule has 19 heteroatoms. The number of carbonyl (C=O) groups is 2. The first kappa shape index (κ1) is 46.8. The molecule has 332 valence electrons. The molecule has 0 saturated heterocycles. The molecule has 0 aliphatic heterocycles. The van der Waals surface area contributed by atoms with Gasteiger partial charge < -0.3 is 21.3 Å². The Balaban J connectivity index is 0.000000219. The van der Waals surface area contributed by atoms with E-state index in [0.717, 1.165) is 29.3 Å². The van der Waals surface area contributed by atoms with Gasteiger partial charge in [0.15, 0.2) is 0 Å². The van der Waals surface area contributed by atoms with Crippen molar-refractivity contribution < 1.29 is 39.6 Å². The first-order valence-corrected chi connectivity index (χ1v) is 22.2. The summed E-state index contributed by atoms with van der Waals surface area (Å²) < 4.78 is 94.2. The smallest absolute Gasteiger partial charge is 0.308 e. The summed E-state index contributed by atoms with van der Waals surface area (Å²) in [6, 6.07) is 46.8. The minimum absolute atomic E-state index is 0.00650. The number of urea groups is 2. The minimum atomic E-state index is -4.58. The molecule has 0 bridgehead atoms. The third kappa shape index (κ3) is 12.5. The van der Waals surface area contributed by atoms with Crippen molar-refractivity contribution in [2.45, 2.75) is 16.0 Å². The largest absolute Gasteiger partial charge is 0.416 e. The molecule has 0 aliphatic carbocycles. The lowest BCUT2D eigenvalue weighted by atomic mass is 10.0. The van der Waals surface area contributed by atoms with Gasteiger partial charge in [-0.15, -0.1) is 0 Å². The summed E-state index contributed by atoms with van der Waals surface area (Å²) in [5, 5.41) is 28.5. The second-order valence-electron chi connectivity index (χ2n) is 13.7. The van der Waals surface area contributed by atoms with Crippen LogP contribution < -0.4 is 30.7 Å². The Morgan fingerprint density at radius 2 is 0.894 bits per heavy atom. The van der Waals surface area contributed by atoms with Gasteiger partial charge in [-0.05, 0) is 90.5 Å². The molecular weight excluding hydrogens is 894 g/mol. The van der Waals surface area contributed by atoms with Gasteiger partial charge in [-0.1, -0.05) is 91.0 Å². The van der Waals surface area contributed by atoms with Crippen LogP contribution in [0.5, 0.6) is 0 Å². The van der Waals surface area contributed by atoms with Gasteiger partial charge >= 0.3 is 18.2 Å². The number of sulfonamides is 2. The summed E-state index contributed by atoms with van der Waals surface area (Å²) >= 11 is 0. The second kappa shape index (κ2) is 20.7. The van der Waals surface area contributed by atoms with E-state index in [4.69, 9.17) is 5.26 Å². The van der Waals surface area contributed by atoms with Crippen LogP contribution >= 0.6 is 0 Å². The zero-order valence-electron chi connectivity index (χ0n) is 34.0. The van der Waals surface area contributed by atoms with E-state index in [1.807, 2.05) is 60.7 Å². The van der Waals surface area contributed by atoms with Gasteiger partial charge in [-0.25, -0.2) is 26.4 Å². The van der Waals surface area contributed by atoms with Gasteiger partial charge in [-0.3, -0.25) is 9.44 Å². The number of amides is 4. The number of benzene rings is 7. The van der Waals surface area contributed by atoms with Crippen LogP contribution in [0.2, 0.25) is 0 Å². The fourth-order valence-corrected chi connectivity index (χ4v) is 8.20. The Bertz CT molecular complexity index is 3190. The van der Waals surface area contributed by atoms with Crippen LogP contribution in [0, 0.1) is 22.7 Å². The van der Waals surface area contributed by atoms with E-state index in [0.29, 0.717) is 5.69 Å². The molecule has 7 aromatic carbocycles. The molecule has 14 nitrogen and oxygen atoms in total. The minimum Gasteiger partial charge on any atom is -0.308 e. The average molecular weight is 929 g/mol. The molecule has 0 saturated carbocycles. The Morgan fingerprint density at radius 1 is 0.455 bits per heavy atom. The van der Waals surface area contributed by atoms with Crippen LogP contribution in [-0.2, 0) is 26.2 Å². The highest BCUT2D eigenvalue weighted by atomic mass is 32.2. The number of nitrogens with zero attached hydrogens (tertiary/aromatic N) is 2. The van der Waals surface area contributed by atoms with Gasteiger partial charge in [0, 0.05) is 11.3 Å². The number of halogens is 3. The number of hydrogen-bond donors (Lipinski definition) is 6. The SMILES string of the molecule is N#Cc1ccc(NC(=O)Nc2cccc(C(F)(F)F)c2)c(NS(=O)(=O)c2ccccc2)c1.N#Cc1ccc(NC(=O)Nc2ccccc2-c2ccccc2)c(NS(=O)(=O)c2ccccc2)c1. The van der Waals surface area contributed by atoms with Crippen LogP contribution in [0.1, 0.15) is 16.7 Å². The maximum Gasteiger partial charge on any atom is 0.416 e. The number of nitriles is 2. The molecule has 0 radical (unpaired) electrons. The van der Waals surface area contributed by atoms with E-state index in [1.54, 1.807) is 30.3 Å². The summed E-state index contributed by atoms with van der Waals surface area (Å²) in [4.78, 5) is 25.2. The predicted octanol–water partition coefficient (Wildman–Crippen LogP) is 10.7. The lowest BCUT2D eigenvalue weighted by Gasteiger charge is -2.16. The summed E-state index contributed by atoms with van der Waals surface area (Å²) in [5.74, 6) is 0. The van der Waals surface area contributed by atoms with Crippen molar-refractivity contribution in [3.63, 3.8) is 0 Å². The van der Waals surface area contributed by atoms with Crippen molar-refractivity contribution in [1.82, 2.24) is 0 Å². The molecule has 66 heavy (non-hydrogen) atoms. The van der Waals surface area contributed by atoms with Crippen LogP contribution in [-0.4, -0.2) is 28.9 Å². The molecule has 6 N–H and O–H groups in total. The molecule has 0 unspecified atom stereocenters. The highest BCUT2D eigenvalue weighted by molar-refractivity contribution is 7.93. The maximum atomic E-state index is 12.9. The standard InChI is InChI=1S/C26H20N4O3S.C21H15F3N4O3S/c27-18-19-15-16-24(25(17-19)30-34(32,33)21-11-5-2-6-12-21)29-26(31)28-23-14-8-7-13-22(23)20-9-3-1-4-10-20;22-21(23,24)15-5-4-6-16(12-15)26-20(29)27-18-10-9-14(13-25)11-19(18)28-32(30,31)17-7-2-1-3-8-17/h1-17,30H,(H2,28,29,31);1-12,28H,(H2,26,27,29). The average Bonchev–Trinajstić information content (AvgIpc) is 3.31. The van der Waals surface area contributed by atoms with Crippen LogP contribution in [0.25, 0.3) is 11.1 Å². The number of alkyl halides is 3. The van der Waals surface area contributed by atoms with Crippen LogP contribution in [0.15, 0.2) is 186 Å². The fraction of sp³-hybridized carbons (Fsp3) is 0.0213. The summed E-state index contributed by atoms with van der Waals surface area (Å²) in [6.07, 6.45) is -4.58. The molecule has 7 aromatic rings. The number of nitrogens with one attached hydrogen (secondary N) is 6. The number of anilines is 6. The Morgan fingerprint density at radius 3 is 1.38 bits per heavy atom. The lowest BCUT2D eigenvalue weighted by Crippen LogP contribution is -2.22. The van der Waals surface area contributed by atoms with Crippen LogP contribution in [0.4, 0.5) is 56.9 Å². The highest BCUT2D eigenvalue weighted by Gasteiger charge is 2.30. The summed E-state index contributed by atoms with van der Waals surface area (Å²) in [6.45, 7) is 0. The normalized spacial score (nSPS) is 11.0. The van der Waals surface area contributed by atoms with Gasteiger partial charge in [0.2, 0.25) is 0 Å². The molecule has 0 atom stereocenters. The van der Waals surface area contributed by atoms with Gasteiger partial charge in [0.05, 0.1) is 67.1 Å². The molecular formula is C47H35F3N8O6S2. The lowest BCUT2D eigenvalue weighted by molar-refractivity contribution is -0.137. The quantitative estimate of drug-likeness (QED) is 0.0730. The van der Waals surface area contributed by atoms with Gasteiger partial charge in [0.25, 0.3) is 20.0 Å². The van der Waals surface area contributed by atoms with Gasteiger partial charge in [0.1, 0.15) is 0 Å². The monoisotopic (exact) mass is 928 g/mol. The maximum absolute atomic E-state index is 12.9. The molecule has 0 spiro atoms. The number of rotatable bonds is 11. The van der Waals surface area contributed by atoms with Crippen molar-refractivity contribution in [2.75, 3.05) is 30.7 Å². The highest BCUT2D eigenvalue weighted by Crippen LogP contribution is 2.32. The second-order valence-corrected chi connectivity index (χ2v) is 17.1. The first-order valence-electron chi connectivity index (χ1n) is 19.3. The van der Waals surface area contributed by atoms with E-state index in [-0.39, 0.29) is 49.4 Å². The Labute approximate surface area is 377 Å². The van der Waals surface area contributed by atoms with Crippen molar-refractivity contribution >= 4 is 66.2 Å². The molecule has 7 rings (SSSR count). The topological polar surface area (TPSA) is 222 Å². The number of para-hydroxylation sites is 1. The van der Waals surface area contributed by atoms with E-state index in [1.165, 1.54) is 78.9 Å². The van der Waals surface area contributed by atoms with Gasteiger partial charge in [-0.2, -0.15) is 23.7 Å². The van der Waals surface area contributed by atoms with E-state index >= 15 is 0 Å². The summed E-state index contributed by atoms with van der Waals surface area (Å²) in [7, 11) is -7.96. The molecule has 0 aromatic heterocycles. The molecule has 4 amide bonds. The Kier molecular flexibility index (Phi) is 14.7. The zero-order valence-corrected chi connectivity index (χ0v) is 35.7. The Hall–Kier alpha value is -8.65. The zero-order chi connectivity index (χ0) is 47.3. The first-order chi connectivity index (χ1) is 31.5.